The van der Waals surface area contributed by atoms with Crippen LogP contribution < -0.4 is 16.0 Å². The Hall–Kier alpha value is -3.17. The van der Waals surface area contributed by atoms with E-state index in [1.807, 2.05) is 26.0 Å². The summed E-state index contributed by atoms with van der Waals surface area (Å²) in [5, 5.41) is 19.3. The molecule has 0 unspecified atom stereocenters. The third-order valence-corrected chi connectivity index (χ3v) is 7.85. The van der Waals surface area contributed by atoms with Gasteiger partial charge in [0.25, 0.3) is 5.91 Å². The lowest BCUT2D eigenvalue weighted by molar-refractivity contribution is -0.118. The van der Waals surface area contributed by atoms with E-state index in [1.165, 1.54) is 23.6 Å². The molecular formula is C26H30ClN5O3S. The summed E-state index contributed by atoms with van der Waals surface area (Å²) >= 11 is 7.46. The van der Waals surface area contributed by atoms with Gasteiger partial charge in [0.2, 0.25) is 11.8 Å². The van der Waals surface area contributed by atoms with Crippen LogP contribution in [-0.4, -0.2) is 32.9 Å². The third-order valence-electron chi connectivity index (χ3n) is 6.38. The molecule has 4 rings (SSSR count). The Balaban J connectivity index is 1.44. The Morgan fingerprint density at radius 3 is 2.72 bits per heavy atom. The number of nitrogens with zero attached hydrogens (tertiary/aromatic N) is 2. The topological polar surface area (TPSA) is 116 Å². The van der Waals surface area contributed by atoms with Crippen molar-refractivity contribution in [1.82, 2.24) is 15.3 Å². The fraction of sp³-hybridized carbons (Fsp3) is 0.385. The number of hydrogen-bond acceptors (Lipinski definition) is 7. The Bertz CT molecular complexity index is 1230. The van der Waals surface area contributed by atoms with Gasteiger partial charge in [-0.05, 0) is 50.5 Å². The molecule has 1 fully saturated rings. The molecule has 10 heteroatoms. The zero-order valence-corrected chi connectivity index (χ0v) is 21.8. The zero-order chi connectivity index (χ0) is 25.7. The van der Waals surface area contributed by atoms with Crippen molar-refractivity contribution in [3.63, 3.8) is 0 Å². The van der Waals surface area contributed by atoms with Gasteiger partial charge in [0.05, 0.1) is 27.3 Å². The summed E-state index contributed by atoms with van der Waals surface area (Å²) in [7, 11) is 0. The highest BCUT2D eigenvalue weighted by atomic mass is 35.5. The average Bonchev–Trinajstić information content (AvgIpc) is 3.53. The summed E-state index contributed by atoms with van der Waals surface area (Å²) in [6.07, 6.45) is 8.00. The van der Waals surface area contributed by atoms with Crippen LogP contribution in [0.3, 0.4) is 0 Å². The minimum Gasteiger partial charge on any atom is -0.493 e. The van der Waals surface area contributed by atoms with Gasteiger partial charge in [0, 0.05) is 29.0 Å². The van der Waals surface area contributed by atoms with Gasteiger partial charge in [-0.2, -0.15) is 0 Å². The molecule has 0 bridgehead atoms. The van der Waals surface area contributed by atoms with E-state index in [0.717, 1.165) is 41.9 Å². The number of nitrogens with one attached hydrogen (secondary N) is 3. The van der Waals surface area contributed by atoms with Gasteiger partial charge in [-0.25, -0.2) is 4.98 Å². The number of aromatic hydroxyl groups is 1. The minimum atomic E-state index is -0.683. The van der Waals surface area contributed by atoms with Gasteiger partial charge in [-0.1, -0.05) is 37.3 Å². The zero-order valence-electron chi connectivity index (χ0n) is 20.3. The number of rotatable bonds is 9. The monoisotopic (exact) mass is 527 g/mol. The predicted octanol–water partition coefficient (Wildman–Crippen LogP) is 5.70. The van der Waals surface area contributed by atoms with Crippen molar-refractivity contribution >= 4 is 46.1 Å². The number of aryl methyl sites for hydroxylation is 1. The highest BCUT2D eigenvalue weighted by molar-refractivity contribution is 7.14. The van der Waals surface area contributed by atoms with Crippen LogP contribution in [0.4, 0.5) is 11.4 Å². The molecule has 36 heavy (non-hydrogen) atoms. The lowest BCUT2D eigenvalue weighted by Crippen LogP contribution is -2.44. The van der Waals surface area contributed by atoms with Crippen LogP contribution in [0.2, 0.25) is 5.02 Å². The van der Waals surface area contributed by atoms with Crippen LogP contribution in [0.5, 0.6) is 5.88 Å². The number of anilines is 2. The summed E-state index contributed by atoms with van der Waals surface area (Å²) in [5.41, 5.74) is 2.11. The van der Waals surface area contributed by atoms with E-state index in [0.29, 0.717) is 27.9 Å². The first-order valence-corrected chi connectivity index (χ1v) is 13.2. The Kier molecular flexibility index (Phi) is 8.43. The molecule has 0 saturated heterocycles. The van der Waals surface area contributed by atoms with Crippen molar-refractivity contribution in [1.29, 1.82) is 0 Å². The number of pyridine rings is 2. The smallest absolute Gasteiger partial charge is 0.262 e. The molecule has 1 aliphatic carbocycles. The molecule has 2 amide bonds. The van der Waals surface area contributed by atoms with Crippen molar-refractivity contribution in [2.75, 3.05) is 10.6 Å². The molecular weight excluding hydrogens is 498 g/mol. The van der Waals surface area contributed by atoms with Crippen LogP contribution >= 0.6 is 22.9 Å². The number of carbonyl (C=O) groups is 2. The SMILES string of the molecule is Cc1ncc(Cl)cc1N[C@@H](C)c1ccc(C(=O)N[C@H](CC2CCCC2)C(=O)Nc2ccnc(O)c2)s1. The van der Waals surface area contributed by atoms with Gasteiger partial charge in [0.1, 0.15) is 6.04 Å². The van der Waals surface area contributed by atoms with Gasteiger partial charge < -0.3 is 21.1 Å². The standard InChI is InChI=1S/C26H30ClN5O3S/c1-15-20(12-18(27)14-29-15)30-16(2)22-7-8-23(36-22)26(35)32-21(11-17-5-3-4-6-17)25(34)31-19-9-10-28-24(33)13-19/h7-10,12-14,16-17,21,30H,3-6,11H2,1-2H3,(H,32,35)(H2,28,31,33,34)/t16-,21+/m0/s1. The summed E-state index contributed by atoms with van der Waals surface area (Å²) < 4.78 is 0. The normalized spacial score (nSPS) is 15.3. The number of hydrogen-bond donors (Lipinski definition) is 4. The minimum absolute atomic E-state index is 0.0625. The molecule has 1 saturated carbocycles. The summed E-state index contributed by atoms with van der Waals surface area (Å²) in [6, 6.07) is 7.76. The highest BCUT2D eigenvalue weighted by Crippen LogP contribution is 2.30. The van der Waals surface area contributed by atoms with E-state index < -0.39 is 6.04 Å². The first-order valence-electron chi connectivity index (χ1n) is 12.0. The molecule has 2 atom stereocenters. The number of carbonyl (C=O) groups excluding carboxylic acids is 2. The van der Waals surface area contributed by atoms with E-state index in [2.05, 4.69) is 25.9 Å². The maximum absolute atomic E-state index is 13.2. The van der Waals surface area contributed by atoms with E-state index in [9.17, 15) is 14.7 Å². The molecule has 0 radical (unpaired) electrons. The lowest BCUT2D eigenvalue weighted by atomic mass is 9.97. The average molecular weight is 528 g/mol. The maximum atomic E-state index is 13.2. The van der Waals surface area contributed by atoms with E-state index in [-0.39, 0.29) is 23.7 Å². The maximum Gasteiger partial charge on any atom is 0.262 e. The Labute approximate surface area is 219 Å². The molecule has 0 aromatic carbocycles. The fourth-order valence-electron chi connectivity index (χ4n) is 4.43. The van der Waals surface area contributed by atoms with Crippen LogP contribution in [0.15, 0.2) is 42.7 Å². The predicted molar refractivity (Wildman–Crippen MR) is 143 cm³/mol. The van der Waals surface area contributed by atoms with Gasteiger partial charge in [0.15, 0.2) is 0 Å². The van der Waals surface area contributed by atoms with Gasteiger partial charge in [-0.3, -0.25) is 14.6 Å². The molecule has 4 N–H and O–H groups in total. The van der Waals surface area contributed by atoms with Crippen molar-refractivity contribution in [2.45, 2.75) is 58.0 Å². The lowest BCUT2D eigenvalue weighted by Gasteiger charge is -2.21. The first-order chi connectivity index (χ1) is 17.3. The summed E-state index contributed by atoms with van der Waals surface area (Å²) in [4.78, 5) is 35.8. The first kappa shape index (κ1) is 25.9. The molecule has 3 heterocycles. The molecule has 1 aliphatic rings. The number of halogens is 1. The Morgan fingerprint density at radius 1 is 1.19 bits per heavy atom. The second-order valence-corrected chi connectivity index (χ2v) is 10.7. The van der Waals surface area contributed by atoms with Crippen molar-refractivity contribution < 1.29 is 14.7 Å². The molecule has 0 aliphatic heterocycles. The van der Waals surface area contributed by atoms with E-state index >= 15 is 0 Å². The van der Waals surface area contributed by atoms with Crippen LogP contribution in [0.1, 0.15) is 65.3 Å². The highest BCUT2D eigenvalue weighted by Gasteiger charge is 2.28. The second-order valence-electron chi connectivity index (χ2n) is 9.16. The summed E-state index contributed by atoms with van der Waals surface area (Å²) in [6.45, 7) is 3.91. The number of thiophene rings is 1. The Morgan fingerprint density at radius 2 is 1.97 bits per heavy atom. The molecule has 8 nitrogen and oxygen atoms in total. The molecule has 0 spiro atoms. The van der Waals surface area contributed by atoms with Crippen molar-refractivity contribution in [3.8, 4) is 5.88 Å². The number of amides is 2. The summed E-state index contributed by atoms with van der Waals surface area (Å²) in [5.74, 6) is -0.377. The molecule has 3 aromatic rings. The van der Waals surface area contributed by atoms with Crippen molar-refractivity contribution in [3.05, 3.63) is 63.2 Å². The van der Waals surface area contributed by atoms with Crippen LogP contribution in [0, 0.1) is 12.8 Å². The quantitative estimate of drug-likeness (QED) is 0.284. The van der Waals surface area contributed by atoms with Crippen molar-refractivity contribution in [2.24, 2.45) is 5.92 Å². The van der Waals surface area contributed by atoms with Gasteiger partial charge in [-0.15, -0.1) is 11.3 Å². The molecule has 190 valence electrons. The van der Waals surface area contributed by atoms with Crippen LogP contribution in [-0.2, 0) is 4.79 Å². The third kappa shape index (κ3) is 6.73. The molecule has 3 aromatic heterocycles. The second kappa shape index (κ2) is 11.7. The van der Waals surface area contributed by atoms with Crippen LogP contribution in [0.25, 0.3) is 0 Å². The fourth-order valence-corrected chi connectivity index (χ4v) is 5.50. The largest absolute Gasteiger partial charge is 0.493 e. The number of aromatic nitrogens is 2. The van der Waals surface area contributed by atoms with Gasteiger partial charge >= 0.3 is 0 Å². The van der Waals surface area contributed by atoms with E-state index in [1.54, 1.807) is 18.3 Å². The van der Waals surface area contributed by atoms with E-state index in [4.69, 9.17) is 11.6 Å².